The Bertz CT molecular complexity index is 685. The van der Waals surface area contributed by atoms with Crippen LogP contribution in [0, 0.1) is 0 Å². The van der Waals surface area contributed by atoms with E-state index in [1.807, 2.05) is 32.3 Å². The van der Waals surface area contributed by atoms with Crippen LogP contribution in [0.1, 0.15) is 30.2 Å². The van der Waals surface area contributed by atoms with Gasteiger partial charge in [-0.05, 0) is 38.5 Å². The summed E-state index contributed by atoms with van der Waals surface area (Å²) in [5.41, 5.74) is 1.10. The summed E-state index contributed by atoms with van der Waals surface area (Å²) < 4.78 is 5.94. The van der Waals surface area contributed by atoms with Crippen LogP contribution < -0.4 is 15.4 Å². The van der Waals surface area contributed by atoms with E-state index in [1.165, 1.54) is 4.88 Å². The van der Waals surface area contributed by atoms with Gasteiger partial charge in [-0.15, -0.1) is 11.3 Å². The van der Waals surface area contributed by atoms with Crippen molar-refractivity contribution in [1.29, 1.82) is 0 Å². The van der Waals surface area contributed by atoms with Crippen LogP contribution in [0.4, 0.5) is 0 Å². The topological polar surface area (TPSA) is 48.9 Å². The summed E-state index contributed by atoms with van der Waals surface area (Å²) in [6.07, 6.45) is 0. The van der Waals surface area contributed by atoms with Crippen LogP contribution in [0.2, 0.25) is 0 Å². The van der Waals surface area contributed by atoms with E-state index < -0.39 is 0 Å². The normalized spacial score (nSPS) is 12.9. The number of likely N-dealkylation sites (N-methyl/N-ethyl adjacent to an activating group) is 1. The monoisotopic (exact) mass is 388 g/mol. The molecule has 148 valence electrons. The molecule has 6 heteroatoms. The van der Waals surface area contributed by atoms with Crippen molar-refractivity contribution in [3.63, 3.8) is 0 Å². The molecule has 0 fully saturated rings. The van der Waals surface area contributed by atoms with Gasteiger partial charge in [0.05, 0.1) is 6.54 Å². The fraction of sp³-hybridized carbons (Fsp3) is 0.476. The highest BCUT2D eigenvalue weighted by molar-refractivity contribution is 7.10. The molecule has 27 heavy (non-hydrogen) atoms. The number of benzene rings is 1. The first kappa shape index (κ1) is 21.3. The third kappa shape index (κ3) is 7.61. The van der Waals surface area contributed by atoms with Crippen LogP contribution >= 0.6 is 11.3 Å². The first-order chi connectivity index (χ1) is 13.1. The lowest BCUT2D eigenvalue weighted by atomic mass is 10.1. The zero-order chi connectivity index (χ0) is 19.5. The smallest absolute Gasteiger partial charge is 0.191 e. The minimum absolute atomic E-state index is 0.454. The summed E-state index contributed by atoms with van der Waals surface area (Å²) in [5.74, 6) is 2.20. The van der Waals surface area contributed by atoms with Crippen molar-refractivity contribution in [2.24, 2.45) is 4.99 Å². The van der Waals surface area contributed by atoms with Crippen molar-refractivity contribution < 1.29 is 4.74 Å². The molecule has 1 unspecified atom stereocenters. The first-order valence-corrected chi connectivity index (χ1v) is 10.4. The summed E-state index contributed by atoms with van der Waals surface area (Å²) in [4.78, 5) is 8.25. The zero-order valence-corrected chi connectivity index (χ0v) is 17.7. The SMILES string of the molecule is CCNC(=NCc1ccccc1OCCN(C)C)NCC(C)c1cccs1. The minimum Gasteiger partial charge on any atom is -0.492 e. The van der Waals surface area contributed by atoms with Crippen LogP contribution in [0.25, 0.3) is 0 Å². The molecule has 1 aromatic carbocycles. The van der Waals surface area contributed by atoms with Crippen molar-refractivity contribution in [3.8, 4) is 5.75 Å². The number of nitrogens with zero attached hydrogens (tertiary/aromatic N) is 2. The fourth-order valence-corrected chi connectivity index (χ4v) is 3.33. The second-order valence-electron chi connectivity index (χ2n) is 6.75. The van der Waals surface area contributed by atoms with Gasteiger partial charge in [0, 0.05) is 36.0 Å². The molecule has 1 aromatic heterocycles. The third-order valence-electron chi connectivity index (χ3n) is 4.12. The molecule has 0 spiro atoms. The standard InChI is InChI=1S/C21H32N4OS/c1-5-22-21(23-15-17(2)20-11-8-14-27-20)24-16-18-9-6-7-10-19(18)26-13-12-25(3)4/h6-11,14,17H,5,12-13,15-16H2,1-4H3,(H2,22,23,24). The van der Waals surface area contributed by atoms with E-state index in [9.17, 15) is 0 Å². The molecule has 0 bridgehead atoms. The largest absolute Gasteiger partial charge is 0.492 e. The number of hydrogen-bond acceptors (Lipinski definition) is 4. The Kier molecular flexibility index (Phi) is 9.15. The number of rotatable bonds is 10. The lowest BCUT2D eigenvalue weighted by Crippen LogP contribution is -2.39. The van der Waals surface area contributed by atoms with E-state index >= 15 is 0 Å². The van der Waals surface area contributed by atoms with Crippen LogP contribution in [0.5, 0.6) is 5.75 Å². The summed E-state index contributed by atoms with van der Waals surface area (Å²) in [5, 5.41) is 8.90. The number of ether oxygens (including phenoxy) is 1. The van der Waals surface area contributed by atoms with E-state index in [0.717, 1.165) is 36.9 Å². The highest BCUT2D eigenvalue weighted by atomic mass is 32.1. The van der Waals surface area contributed by atoms with Gasteiger partial charge in [-0.2, -0.15) is 0 Å². The molecule has 0 amide bonds. The van der Waals surface area contributed by atoms with E-state index in [1.54, 1.807) is 11.3 Å². The predicted molar refractivity (Wildman–Crippen MR) is 116 cm³/mol. The number of guanidine groups is 1. The average Bonchev–Trinajstić information content (AvgIpc) is 3.19. The number of aliphatic imine (C=N–C) groups is 1. The van der Waals surface area contributed by atoms with Crippen molar-refractivity contribution in [2.75, 3.05) is 40.3 Å². The summed E-state index contributed by atoms with van der Waals surface area (Å²) in [6, 6.07) is 12.4. The molecule has 0 aliphatic rings. The Hall–Kier alpha value is -2.05. The average molecular weight is 389 g/mol. The van der Waals surface area contributed by atoms with E-state index in [-0.39, 0.29) is 0 Å². The van der Waals surface area contributed by atoms with Gasteiger partial charge in [0.1, 0.15) is 12.4 Å². The fourth-order valence-electron chi connectivity index (χ4n) is 2.54. The van der Waals surface area contributed by atoms with Crippen LogP contribution in [-0.2, 0) is 6.54 Å². The third-order valence-corrected chi connectivity index (χ3v) is 5.23. The van der Waals surface area contributed by atoms with Gasteiger partial charge < -0.3 is 20.3 Å². The van der Waals surface area contributed by atoms with Gasteiger partial charge in [0.2, 0.25) is 0 Å². The molecule has 0 aliphatic carbocycles. The molecule has 0 aliphatic heterocycles. The molecule has 5 nitrogen and oxygen atoms in total. The number of para-hydroxylation sites is 1. The molecule has 1 heterocycles. The van der Waals surface area contributed by atoms with Crippen LogP contribution in [0.15, 0.2) is 46.8 Å². The predicted octanol–water partition coefficient (Wildman–Crippen LogP) is 3.55. The minimum atomic E-state index is 0.454. The van der Waals surface area contributed by atoms with Gasteiger partial charge in [-0.25, -0.2) is 4.99 Å². The number of thiophene rings is 1. The van der Waals surface area contributed by atoms with Crippen molar-refractivity contribution in [1.82, 2.24) is 15.5 Å². The molecule has 1 atom stereocenters. The number of hydrogen-bond donors (Lipinski definition) is 2. The highest BCUT2D eigenvalue weighted by Gasteiger charge is 2.08. The quantitative estimate of drug-likeness (QED) is 0.483. The Morgan fingerprint density at radius 1 is 1.19 bits per heavy atom. The zero-order valence-electron chi connectivity index (χ0n) is 16.9. The maximum Gasteiger partial charge on any atom is 0.191 e. The van der Waals surface area contributed by atoms with Gasteiger partial charge in [-0.1, -0.05) is 31.2 Å². The maximum atomic E-state index is 5.94. The molecule has 2 aromatic rings. The van der Waals surface area contributed by atoms with Gasteiger partial charge in [0.15, 0.2) is 5.96 Å². The van der Waals surface area contributed by atoms with Gasteiger partial charge in [0.25, 0.3) is 0 Å². The molecule has 0 saturated heterocycles. The molecule has 2 rings (SSSR count). The van der Waals surface area contributed by atoms with E-state index in [4.69, 9.17) is 9.73 Å². The second kappa shape index (κ2) is 11.6. The Morgan fingerprint density at radius 2 is 2.00 bits per heavy atom. The van der Waals surface area contributed by atoms with Gasteiger partial charge in [-0.3, -0.25) is 0 Å². The Morgan fingerprint density at radius 3 is 2.70 bits per heavy atom. The van der Waals surface area contributed by atoms with Crippen LogP contribution in [0.3, 0.4) is 0 Å². The summed E-state index contributed by atoms with van der Waals surface area (Å²) >= 11 is 1.80. The summed E-state index contributed by atoms with van der Waals surface area (Å²) in [7, 11) is 4.09. The first-order valence-electron chi connectivity index (χ1n) is 9.51. The molecule has 0 saturated carbocycles. The Balaban J connectivity index is 1.95. The van der Waals surface area contributed by atoms with Crippen molar-refractivity contribution >= 4 is 17.3 Å². The van der Waals surface area contributed by atoms with E-state index in [2.05, 4.69) is 53.0 Å². The van der Waals surface area contributed by atoms with E-state index in [0.29, 0.717) is 19.1 Å². The lowest BCUT2D eigenvalue weighted by molar-refractivity contribution is 0.259. The molecule has 0 radical (unpaired) electrons. The molecule has 2 N–H and O–H groups in total. The Labute approximate surface area is 167 Å². The maximum absolute atomic E-state index is 5.94. The van der Waals surface area contributed by atoms with Crippen molar-refractivity contribution in [2.45, 2.75) is 26.3 Å². The van der Waals surface area contributed by atoms with Crippen LogP contribution in [-0.4, -0.2) is 51.2 Å². The van der Waals surface area contributed by atoms with Gasteiger partial charge >= 0.3 is 0 Å². The molecular formula is C21H32N4OS. The highest BCUT2D eigenvalue weighted by Crippen LogP contribution is 2.20. The second-order valence-corrected chi connectivity index (χ2v) is 7.73. The number of nitrogens with one attached hydrogen (secondary N) is 2. The lowest BCUT2D eigenvalue weighted by Gasteiger charge is -2.16. The molecular weight excluding hydrogens is 356 g/mol. The van der Waals surface area contributed by atoms with Crippen molar-refractivity contribution in [3.05, 3.63) is 52.2 Å². The summed E-state index contributed by atoms with van der Waals surface area (Å²) in [6.45, 7) is 8.15.